The fourth-order valence-corrected chi connectivity index (χ4v) is 2.55. The van der Waals surface area contributed by atoms with E-state index in [4.69, 9.17) is 0 Å². The zero-order chi connectivity index (χ0) is 13.9. The van der Waals surface area contributed by atoms with Crippen molar-refractivity contribution in [3.8, 4) is 0 Å². The third kappa shape index (κ3) is 3.58. The van der Waals surface area contributed by atoms with Gasteiger partial charge < -0.3 is 5.32 Å². The van der Waals surface area contributed by atoms with Crippen LogP contribution >= 0.6 is 11.3 Å². The van der Waals surface area contributed by atoms with Crippen molar-refractivity contribution in [2.75, 3.05) is 6.54 Å². The minimum atomic E-state index is -2.87. The number of halogens is 2. The number of hydrogen-bond donors (Lipinski definition) is 1. The van der Waals surface area contributed by atoms with Gasteiger partial charge in [0, 0.05) is 16.6 Å². The smallest absolute Gasteiger partial charge is 0.285 e. The molecule has 1 aromatic carbocycles. The Morgan fingerprint density at radius 1 is 1.32 bits per heavy atom. The van der Waals surface area contributed by atoms with Crippen molar-refractivity contribution in [3.05, 3.63) is 52.0 Å². The second kappa shape index (κ2) is 5.75. The average molecular weight is 282 g/mol. The molecule has 1 N–H and O–H groups in total. The van der Waals surface area contributed by atoms with Crippen LogP contribution in [0.25, 0.3) is 0 Å². The molecule has 1 heterocycles. The summed E-state index contributed by atoms with van der Waals surface area (Å²) in [5, 5.41) is 5.60. The Bertz CT molecular complexity index is 525. The summed E-state index contributed by atoms with van der Waals surface area (Å²) in [7, 11) is 0. The first kappa shape index (κ1) is 14.1. The summed E-state index contributed by atoms with van der Waals surface area (Å²) in [4.78, 5) is 4.30. The van der Waals surface area contributed by atoms with Crippen molar-refractivity contribution in [2.45, 2.75) is 25.8 Å². The standard InChI is InChI=1S/C14H16F2N2S/c1-10-8-19-13(18-10)11(2)17-9-14(15,16)12-6-4-3-5-7-12/h3-8,11,17H,9H2,1-2H3. The number of alkyl halides is 2. The Hall–Kier alpha value is -1.33. The summed E-state index contributed by atoms with van der Waals surface area (Å²) >= 11 is 1.49. The fourth-order valence-electron chi connectivity index (χ4n) is 1.72. The highest BCUT2D eigenvalue weighted by atomic mass is 32.1. The van der Waals surface area contributed by atoms with Gasteiger partial charge in [0.25, 0.3) is 5.92 Å². The number of aryl methyl sites for hydroxylation is 1. The van der Waals surface area contributed by atoms with Crippen LogP contribution in [0.15, 0.2) is 35.7 Å². The lowest BCUT2D eigenvalue weighted by Crippen LogP contribution is -2.32. The maximum atomic E-state index is 14.0. The monoisotopic (exact) mass is 282 g/mol. The maximum absolute atomic E-state index is 14.0. The third-order valence-electron chi connectivity index (χ3n) is 2.83. The molecule has 0 radical (unpaired) electrons. The first-order chi connectivity index (χ1) is 8.99. The molecule has 1 atom stereocenters. The molecule has 19 heavy (non-hydrogen) atoms. The van der Waals surface area contributed by atoms with Crippen LogP contribution in [0, 0.1) is 6.92 Å². The van der Waals surface area contributed by atoms with Crippen molar-refractivity contribution in [1.82, 2.24) is 10.3 Å². The molecular formula is C14H16F2N2S. The Morgan fingerprint density at radius 3 is 2.58 bits per heavy atom. The molecule has 1 aromatic heterocycles. The van der Waals surface area contributed by atoms with E-state index in [0.29, 0.717) is 0 Å². The van der Waals surface area contributed by atoms with Gasteiger partial charge in [0.2, 0.25) is 0 Å². The maximum Gasteiger partial charge on any atom is 0.285 e. The highest BCUT2D eigenvalue weighted by Gasteiger charge is 2.31. The molecule has 0 aliphatic rings. The van der Waals surface area contributed by atoms with Gasteiger partial charge in [0.15, 0.2) is 0 Å². The van der Waals surface area contributed by atoms with Gasteiger partial charge in [-0.3, -0.25) is 0 Å². The van der Waals surface area contributed by atoms with Crippen molar-refractivity contribution >= 4 is 11.3 Å². The molecule has 0 saturated carbocycles. The minimum absolute atomic E-state index is 0.0324. The summed E-state index contributed by atoms with van der Waals surface area (Å²) in [5.74, 6) is -2.87. The molecular weight excluding hydrogens is 266 g/mol. The number of nitrogens with one attached hydrogen (secondary N) is 1. The van der Waals surface area contributed by atoms with E-state index >= 15 is 0 Å². The summed E-state index contributed by atoms with van der Waals surface area (Å²) < 4.78 is 27.9. The van der Waals surface area contributed by atoms with Crippen molar-refractivity contribution in [2.24, 2.45) is 0 Å². The van der Waals surface area contributed by atoms with E-state index in [1.165, 1.54) is 23.5 Å². The van der Waals surface area contributed by atoms with Gasteiger partial charge in [-0.15, -0.1) is 11.3 Å². The van der Waals surface area contributed by atoms with Crippen LogP contribution in [0.4, 0.5) is 8.78 Å². The predicted octanol–water partition coefficient (Wildman–Crippen LogP) is 3.89. The number of rotatable bonds is 5. The second-order valence-corrected chi connectivity index (χ2v) is 5.39. The molecule has 0 aliphatic carbocycles. The molecule has 0 fully saturated rings. The van der Waals surface area contributed by atoms with E-state index in [1.807, 2.05) is 19.2 Å². The largest absolute Gasteiger partial charge is 0.302 e. The van der Waals surface area contributed by atoms with E-state index in [2.05, 4.69) is 10.3 Å². The van der Waals surface area contributed by atoms with Crippen molar-refractivity contribution in [1.29, 1.82) is 0 Å². The molecule has 1 unspecified atom stereocenters. The Balaban J connectivity index is 1.98. The lowest BCUT2D eigenvalue weighted by molar-refractivity contribution is -0.00534. The van der Waals surface area contributed by atoms with Gasteiger partial charge in [-0.05, 0) is 13.8 Å². The lowest BCUT2D eigenvalue weighted by atomic mass is 10.1. The van der Waals surface area contributed by atoms with Crippen LogP contribution in [0.2, 0.25) is 0 Å². The first-order valence-electron chi connectivity index (χ1n) is 6.08. The number of nitrogens with zero attached hydrogens (tertiary/aromatic N) is 1. The zero-order valence-corrected chi connectivity index (χ0v) is 11.7. The SMILES string of the molecule is Cc1csc(C(C)NCC(F)(F)c2ccccc2)n1. The fraction of sp³-hybridized carbons (Fsp3) is 0.357. The van der Waals surface area contributed by atoms with Gasteiger partial charge in [-0.2, -0.15) is 8.78 Å². The van der Waals surface area contributed by atoms with E-state index in [1.54, 1.807) is 18.2 Å². The number of benzene rings is 1. The first-order valence-corrected chi connectivity index (χ1v) is 6.96. The molecule has 2 aromatic rings. The number of hydrogen-bond acceptors (Lipinski definition) is 3. The second-order valence-electron chi connectivity index (χ2n) is 4.50. The molecule has 0 bridgehead atoms. The van der Waals surface area contributed by atoms with E-state index in [0.717, 1.165) is 10.7 Å². The quantitative estimate of drug-likeness (QED) is 0.899. The predicted molar refractivity (Wildman–Crippen MR) is 73.6 cm³/mol. The molecule has 0 spiro atoms. The molecule has 2 nitrogen and oxygen atoms in total. The van der Waals surface area contributed by atoms with Crippen LogP contribution in [0.3, 0.4) is 0 Å². The normalized spacial score (nSPS) is 13.5. The topological polar surface area (TPSA) is 24.9 Å². The van der Waals surface area contributed by atoms with Gasteiger partial charge >= 0.3 is 0 Å². The zero-order valence-electron chi connectivity index (χ0n) is 10.9. The molecule has 0 amide bonds. The van der Waals surface area contributed by atoms with E-state index < -0.39 is 12.5 Å². The van der Waals surface area contributed by atoms with Crippen molar-refractivity contribution in [3.63, 3.8) is 0 Å². The van der Waals surface area contributed by atoms with Crippen LogP contribution in [0.1, 0.15) is 29.2 Å². The Labute approximate surface area is 115 Å². The van der Waals surface area contributed by atoms with E-state index in [9.17, 15) is 8.78 Å². The Kier molecular flexibility index (Phi) is 4.27. The molecule has 2 rings (SSSR count). The van der Waals surface area contributed by atoms with Crippen LogP contribution in [-0.4, -0.2) is 11.5 Å². The van der Waals surface area contributed by atoms with Crippen LogP contribution in [-0.2, 0) is 5.92 Å². The van der Waals surface area contributed by atoms with Gasteiger partial charge in [0.05, 0.1) is 12.6 Å². The lowest BCUT2D eigenvalue weighted by Gasteiger charge is -2.19. The summed E-state index contributed by atoms with van der Waals surface area (Å²) in [6.07, 6.45) is 0. The highest BCUT2D eigenvalue weighted by molar-refractivity contribution is 7.09. The number of aromatic nitrogens is 1. The van der Waals surface area contributed by atoms with E-state index in [-0.39, 0.29) is 11.6 Å². The summed E-state index contributed by atoms with van der Waals surface area (Å²) in [6.45, 7) is 3.35. The van der Waals surface area contributed by atoms with Crippen molar-refractivity contribution < 1.29 is 8.78 Å². The van der Waals surface area contributed by atoms with Crippen LogP contribution in [0.5, 0.6) is 0 Å². The number of thiazole rings is 1. The molecule has 102 valence electrons. The third-order valence-corrected chi connectivity index (χ3v) is 3.98. The molecule has 0 aliphatic heterocycles. The summed E-state index contributed by atoms with van der Waals surface area (Å²) in [5.41, 5.74) is 0.952. The average Bonchev–Trinajstić information content (AvgIpc) is 2.84. The molecule has 0 saturated heterocycles. The molecule has 5 heteroatoms. The van der Waals surface area contributed by atoms with Gasteiger partial charge in [-0.1, -0.05) is 30.3 Å². The minimum Gasteiger partial charge on any atom is -0.302 e. The van der Waals surface area contributed by atoms with Gasteiger partial charge in [-0.25, -0.2) is 4.98 Å². The summed E-state index contributed by atoms with van der Waals surface area (Å²) in [6, 6.07) is 7.69. The Morgan fingerprint density at radius 2 is 2.00 bits per heavy atom. The van der Waals surface area contributed by atoms with Gasteiger partial charge in [0.1, 0.15) is 5.01 Å². The van der Waals surface area contributed by atoms with Crippen LogP contribution < -0.4 is 5.32 Å². The highest BCUT2D eigenvalue weighted by Crippen LogP contribution is 2.28.